The molecule has 3 heterocycles. The van der Waals surface area contributed by atoms with Crippen molar-refractivity contribution in [3.63, 3.8) is 0 Å². The van der Waals surface area contributed by atoms with Gasteiger partial charge in [-0.1, -0.05) is 17.3 Å². The summed E-state index contributed by atoms with van der Waals surface area (Å²) in [6, 6.07) is 8.20. The van der Waals surface area contributed by atoms with Crippen LogP contribution in [-0.2, 0) is 18.3 Å². The standard InChI is InChI=1S/C17H21N5O2/c1-11-8-22(9-15(23-11)17-18-12(2)20-24-17)10-16-19-13-6-4-5-7-14(13)21(16)3/h4-7,11,15H,8-10H2,1-3H3/t11-,15-/m1/s1. The van der Waals surface area contributed by atoms with Crippen molar-refractivity contribution in [3.05, 3.63) is 41.8 Å². The molecule has 2 atom stereocenters. The van der Waals surface area contributed by atoms with E-state index in [1.807, 2.05) is 25.1 Å². The first-order chi connectivity index (χ1) is 11.6. The van der Waals surface area contributed by atoms with E-state index < -0.39 is 0 Å². The molecule has 0 bridgehead atoms. The fraction of sp³-hybridized carbons (Fsp3) is 0.471. The van der Waals surface area contributed by atoms with Gasteiger partial charge in [-0.3, -0.25) is 4.90 Å². The Bertz CT molecular complexity index is 856. The summed E-state index contributed by atoms with van der Waals surface area (Å²) in [5.74, 6) is 2.23. The Morgan fingerprint density at radius 1 is 1.21 bits per heavy atom. The van der Waals surface area contributed by atoms with Crippen LogP contribution in [-0.4, -0.2) is 43.8 Å². The average Bonchev–Trinajstić information content (AvgIpc) is 3.12. The Balaban J connectivity index is 1.55. The molecule has 2 aromatic heterocycles. The van der Waals surface area contributed by atoms with Gasteiger partial charge in [0.25, 0.3) is 5.89 Å². The minimum Gasteiger partial charge on any atom is -0.363 e. The minimum absolute atomic E-state index is 0.102. The van der Waals surface area contributed by atoms with Crippen molar-refractivity contribution >= 4 is 11.0 Å². The molecule has 0 spiro atoms. The molecule has 0 saturated carbocycles. The van der Waals surface area contributed by atoms with E-state index in [4.69, 9.17) is 14.2 Å². The third-order valence-electron chi connectivity index (χ3n) is 4.40. The quantitative estimate of drug-likeness (QED) is 0.735. The molecule has 0 N–H and O–H groups in total. The molecule has 0 unspecified atom stereocenters. The lowest BCUT2D eigenvalue weighted by atomic mass is 10.2. The number of imidazole rings is 1. The molecular weight excluding hydrogens is 306 g/mol. The van der Waals surface area contributed by atoms with Crippen LogP contribution in [0, 0.1) is 6.92 Å². The number of fused-ring (bicyclic) bond motifs is 1. The topological polar surface area (TPSA) is 69.2 Å². The smallest absolute Gasteiger partial charge is 0.257 e. The number of para-hydroxylation sites is 2. The number of rotatable bonds is 3. The molecule has 1 aromatic carbocycles. The first kappa shape index (κ1) is 15.3. The second-order valence-electron chi connectivity index (χ2n) is 6.39. The predicted octanol–water partition coefficient (Wildman–Crippen LogP) is 2.23. The van der Waals surface area contributed by atoms with Crippen molar-refractivity contribution in [2.75, 3.05) is 13.1 Å². The maximum atomic E-state index is 5.98. The number of morpholine rings is 1. The Labute approximate surface area is 140 Å². The van der Waals surface area contributed by atoms with Crippen LogP contribution in [0.4, 0.5) is 0 Å². The van der Waals surface area contributed by atoms with E-state index in [0.29, 0.717) is 11.7 Å². The van der Waals surface area contributed by atoms with Gasteiger partial charge in [0.1, 0.15) is 11.9 Å². The summed E-state index contributed by atoms with van der Waals surface area (Å²) in [5.41, 5.74) is 2.18. The molecule has 1 fully saturated rings. The zero-order valence-corrected chi connectivity index (χ0v) is 14.1. The average molecular weight is 327 g/mol. The van der Waals surface area contributed by atoms with Crippen LogP contribution in [0.25, 0.3) is 11.0 Å². The van der Waals surface area contributed by atoms with E-state index in [2.05, 4.69) is 39.6 Å². The van der Waals surface area contributed by atoms with Gasteiger partial charge in [-0.15, -0.1) is 0 Å². The molecular formula is C17H21N5O2. The van der Waals surface area contributed by atoms with Crippen molar-refractivity contribution in [2.24, 2.45) is 7.05 Å². The van der Waals surface area contributed by atoms with Crippen LogP contribution in [0.15, 0.2) is 28.8 Å². The largest absolute Gasteiger partial charge is 0.363 e. The van der Waals surface area contributed by atoms with Crippen LogP contribution in [0.2, 0.25) is 0 Å². The van der Waals surface area contributed by atoms with E-state index in [9.17, 15) is 0 Å². The first-order valence-corrected chi connectivity index (χ1v) is 8.18. The fourth-order valence-corrected chi connectivity index (χ4v) is 3.29. The number of aryl methyl sites for hydroxylation is 2. The van der Waals surface area contributed by atoms with E-state index in [-0.39, 0.29) is 12.2 Å². The van der Waals surface area contributed by atoms with E-state index >= 15 is 0 Å². The number of ether oxygens (including phenoxy) is 1. The fourth-order valence-electron chi connectivity index (χ4n) is 3.29. The van der Waals surface area contributed by atoms with Gasteiger partial charge in [0.2, 0.25) is 0 Å². The van der Waals surface area contributed by atoms with E-state index in [1.54, 1.807) is 0 Å². The van der Waals surface area contributed by atoms with Crippen molar-refractivity contribution in [2.45, 2.75) is 32.6 Å². The van der Waals surface area contributed by atoms with Crippen LogP contribution < -0.4 is 0 Å². The van der Waals surface area contributed by atoms with Gasteiger partial charge in [-0.25, -0.2) is 4.98 Å². The molecule has 126 valence electrons. The lowest BCUT2D eigenvalue weighted by molar-refractivity contribution is -0.0936. The Morgan fingerprint density at radius 2 is 2.04 bits per heavy atom. The van der Waals surface area contributed by atoms with Gasteiger partial charge in [-0.2, -0.15) is 4.98 Å². The van der Waals surface area contributed by atoms with E-state index in [1.165, 1.54) is 0 Å². The van der Waals surface area contributed by atoms with Crippen molar-refractivity contribution in [1.29, 1.82) is 0 Å². The van der Waals surface area contributed by atoms with Gasteiger partial charge in [0.15, 0.2) is 5.82 Å². The van der Waals surface area contributed by atoms with Crippen LogP contribution >= 0.6 is 0 Å². The Kier molecular flexibility index (Phi) is 3.82. The molecule has 24 heavy (non-hydrogen) atoms. The summed E-state index contributed by atoms with van der Waals surface area (Å²) in [7, 11) is 2.06. The SMILES string of the molecule is Cc1noc([C@H]2CN(Cc3nc4ccccc4n3C)C[C@@H](C)O2)n1. The third-order valence-corrected chi connectivity index (χ3v) is 4.40. The molecule has 0 radical (unpaired) electrons. The molecule has 7 heteroatoms. The summed E-state index contributed by atoms with van der Waals surface area (Å²) in [5, 5.41) is 3.87. The normalized spacial score (nSPS) is 22.3. The molecule has 3 aromatic rings. The summed E-state index contributed by atoms with van der Waals surface area (Å²) in [6.07, 6.45) is -0.0877. The lowest BCUT2D eigenvalue weighted by Gasteiger charge is -2.34. The minimum atomic E-state index is -0.190. The summed E-state index contributed by atoms with van der Waals surface area (Å²) in [6.45, 7) is 6.22. The monoisotopic (exact) mass is 327 g/mol. The maximum absolute atomic E-state index is 5.98. The number of benzene rings is 1. The van der Waals surface area contributed by atoms with E-state index in [0.717, 1.165) is 36.5 Å². The highest BCUT2D eigenvalue weighted by Gasteiger charge is 2.30. The molecule has 7 nitrogen and oxygen atoms in total. The molecule has 1 aliphatic heterocycles. The van der Waals surface area contributed by atoms with Crippen molar-refractivity contribution in [3.8, 4) is 0 Å². The number of hydrogen-bond donors (Lipinski definition) is 0. The van der Waals surface area contributed by atoms with Gasteiger partial charge in [-0.05, 0) is 26.0 Å². The Hall–Kier alpha value is -2.25. The lowest BCUT2D eigenvalue weighted by Crippen LogP contribution is -2.42. The zero-order valence-electron chi connectivity index (χ0n) is 14.1. The number of aromatic nitrogens is 4. The maximum Gasteiger partial charge on any atom is 0.257 e. The van der Waals surface area contributed by atoms with Crippen molar-refractivity contribution < 1.29 is 9.26 Å². The van der Waals surface area contributed by atoms with Crippen LogP contribution in [0.1, 0.15) is 30.6 Å². The van der Waals surface area contributed by atoms with Gasteiger partial charge in [0, 0.05) is 20.1 Å². The van der Waals surface area contributed by atoms with Gasteiger partial charge < -0.3 is 13.8 Å². The van der Waals surface area contributed by atoms with Gasteiger partial charge in [0.05, 0.1) is 23.7 Å². The predicted molar refractivity (Wildman–Crippen MR) is 88.3 cm³/mol. The second-order valence-corrected chi connectivity index (χ2v) is 6.39. The number of nitrogens with zero attached hydrogens (tertiary/aromatic N) is 5. The van der Waals surface area contributed by atoms with Crippen LogP contribution in [0.3, 0.4) is 0 Å². The second kappa shape index (κ2) is 5.99. The summed E-state index contributed by atoms with van der Waals surface area (Å²) in [4.78, 5) is 11.4. The highest BCUT2D eigenvalue weighted by molar-refractivity contribution is 5.75. The zero-order chi connectivity index (χ0) is 16.7. The molecule has 0 amide bonds. The summed E-state index contributed by atoms with van der Waals surface area (Å²) < 4.78 is 13.4. The Morgan fingerprint density at radius 3 is 2.79 bits per heavy atom. The summed E-state index contributed by atoms with van der Waals surface area (Å²) >= 11 is 0. The number of hydrogen-bond acceptors (Lipinski definition) is 6. The van der Waals surface area contributed by atoms with Crippen molar-refractivity contribution in [1.82, 2.24) is 24.6 Å². The molecule has 1 aliphatic rings. The van der Waals surface area contributed by atoms with Crippen LogP contribution in [0.5, 0.6) is 0 Å². The molecule has 4 rings (SSSR count). The first-order valence-electron chi connectivity index (χ1n) is 8.18. The highest BCUT2D eigenvalue weighted by atomic mass is 16.5. The molecule has 0 aliphatic carbocycles. The molecule has 1 saturated heterocycles. The highest BCUT2D eigenvalue weighted by Crippen LogP contribution is 2.25. The van der Waals surface area contributed by atoms with Gasteiger partial charge >= 0.3 is 0 Å². The third kappa shape index (κ3) is 2.81.